The zero-order chi connectivity index (χ0) is 14.0. The van der Waals surface area contributed by atoms with Gasteiger partial charge in [0.15, 0.2) is 0 Å². The van der Waals surface area contributed by atoms with E-state index in [1.165, 1.54) is 4.88 Å². The summed E-state index contributed by atoms with van der Waals surface area (Å²) in [5.41, 5.74) is 2.02. The van der Waals surface area contributed by atoms with Gasteiger partial charge in [-0.25, -0.2) is 0 Å². The van der Waals surface area contributed by atoms with Gasteiger partial charge in [0, 0.05) is 31.4 Å². The second kappa shape index (κ2) is 6.27. The maximum absolute atomic E-state index is 6.33. The van der Waals surface area contributed by atoms with Gasteiger partial charge in [0.25, 0.3) is 0 Å². The molecule has 102 valence electrons. The molecule has 1 heterocycles. The van der Waals surface area contributed by atoms with Gasteiger partial charge in [-0.15, -0.1) is 11.3 Å². The molecule has 1 aromatic heterocycles. The van der Waals surface area contributed by atoms with E-state index in [1.54, 1.807) is 11.3 Å². The number of thiophene rings is 1. The third kappa shape index (κ3) is 3.14. The zero-order valence-electron chi connectivity index (χ0n) is 11.3. The first-order valence-corrected chi connectivity index (χ1v) is 7.87. The predicted molar refractivity (Wildman–Crippen MR) is 86.6 cm³/mol. The van der Waals surface area contributed by atoms with E-state index < -0.39 is 0 Å². The number of halogens is 2. The highest BCUT2D eigenvalue weighted by Crippen LogP contribution is 2.38. The Kier molecular flexibility index (Phi) is 4.91. The van der Waals surface area contributed by atoms with Crippen molar-refractivity contribution in [1.29, 1.82) is 0 Å². The SMILES string of the molecule is CCC(NC)c1ccc(-c2cc(Cl)c(C)cc2Cl)s1. The normalized spacial score (nSPS) is 12.7. The van der Waals surface area contributed by atoms with Gasteiger partial charge in [-0.05, 0) is 50.2 Å². The molecule has 0 saturated heterocycles. The first-order valence-electron chi connectivity index (χ1n) is 6.29. The van der Waals surface area contributed by atoms with Crippen molar-refractivity contribution in [2.24, 2.45) is 0 Å². The summed E-state index contributed by atoms with van der Waals surface area (Å²) in [6.07, 6.45) is 1.07. The van der Waals surface area contributed by atoms with Crippen LogP contribution in [-0.4, -0.2) is 7.05 Å². The van der Waals surface area contributed by atoms with Crippen LogP contribution in [0.15, 0.2) is 24.3 Å². The van der Waals surface area contributed by atoms with E-state index in [-0.39, 0.29) is 0 Å². The fourth-order valence-corrected chi connectivity index (χ4v) is 3.84. The molecule has 1 N–H and O–H groups in total. The minimum absolute atomic E-state index is 0.401. The predicted octanol–water partition coefficient (Wildman–Crippen LogP) is 5.70. The van der Waals surface area contributed by atoms with Crippen LogP contribution in [-0.2, 0) is 0 Å². The van der Waals surface area contributed by atoms with Crippen molar-refractivity contribution >= 4 is 34.5 Å². The molecule has 0 amide bonds. The fourth-order valence-electron chi connectivity index (χ4n) is 2.07. The largest absolute Gasteiger partial charge is 0.312 e. The van der Waals surface area contributed by atoms with Gasteiger partial charge in [0.05, 0.1) is 0 Å². The van der Waals surface area contributed by atoms with E-state index in [0.29, 0.717) is 6.04 Å². The van der Waals surface area contributed by atoms with Crippen LogP contribution in [0.3, 0.4) is 0 Å². The second-order valence-corrected chi connectivity index (χ2v) is 6.46. The van der Waals surface area contributed by atoms with Crippen LogP contribution in [0.1, 0.15) is 29.8 Å². The molecule has 0 bridgehead atoms. The lowest BCUT2D eigenvalue weighted by molar-refractivity contribution is 0.586. The molecule has 1 nitrogen and oxygen atoms in total. The summed E-state index contributed by atoms with van der Waals surface area (Å²) in [7, 11) is 1.99. The highest BCUT2D eigenvalue weighted by atomic mass is 35.5. The molecule has 0 saturated carbocycles. The quantitative estimate of drug-likeness (QED) is 0.763. The lowest BCUT2D eigenvalue weighted by Crippen LogP contribution is -2.13. The molecule has 19 heavy (non-hydrogen) atoms. The van der Waals surface area contributed by atoms with Crippen molar-refractivity contribution in [3.63, 3.8) is 0 Å². The topological polar surface area (TPSA) is 12.0 Å². The summed E-state index contributed by atoms with van der Waals surface area (Å²) in [5, 5.41) is 4.84. The molecule has 0 aliphatic heterocycles. The Morgan fingerprint density at radius 2 is 1.95 bits per heavy atom. The highest BCUT2D eigenvalue weighted by molar-refractivity contribution is 7.15. The number of rotatable bonds is 4. The molecule has 4 heteroatoms. The Morgan fingerprint density at radius 3 is 2.58 bits per heavy atom. The van der Waals surface area contributed by atoms with Crippen LogP contribution < -0.4 is 5.32 Å². The van der Waals surface area contributed by atoms with Crippen molar-refractivity contribution in [3.8, 4) is 10.4 Å². The zero-order valence-corrected chi connectivity index (χ0v) is 13.6. The number of hydrogen-bond donors (Lipinski definition) is 1. The first kappa shape index (κ1) is 14.9. The second-order valence-electron chi connectivity index (χ2n) is 4.53. The molecule has 2 aromatic rings. The maximum Gasteiger partial charge on any atom is 0.0496 e. The van der Waals surface area contributed by atoms with Crippen LogP contribution >= 0.6 is 34.5 Å². The van der Waals surface area contributed by atoms with E-state index in [1.807, 2.05) is 26.1 Å². The summed E-state index contributed by atoms with van der Waals surface area (Å²) in [6.45, 7) is 4.14. The maximum atomic E-state index is 6.33. The molecule has 0 aliphatic carbocycles. The Labute approximate surface area is 128 Å². The van der Waals surface area contributed by atoms with Crippen LogP contribution in [0.5, 0.6) is 0 Å². The first-order chi connectivity index (χ1) is 9.06. The minimum atomic E-state index is 0.401. The Morgan fingerprint density at radius 1 is 1.21 bits per heavy atom. The van der Waals surface area contributed by atoms with Crippen molar-refractivity contribution in [1.82, 2.24) is 5.32 Å². The van der Waals surface area contributed by atoms with E-state index in [0.717, 1.165) is 32.5 Å². The smallest absolute Gasteiger partial charge is 0.0496 e. The van der Waals surface area contributed by atoms with Crippen molar-refractivity contribution in [3.05, 3.63) is 44.8 Å². The van der Waals surface area contributed by atoms with Crippen LogP contribution in [0, 0.1) is 6.92 Å². The van der Waals surface area contributed by atoms with Gasteiger partial charge in [0.1, 0.15) is 0 Å². The average molecular weight is 314 g/mol. The van der Waals surface area contributed by atoms with Crippen LogP contribution in [0.2, 0.25) is 10.0 Å². The monoisotopic (exact) mass is 313 g/mol. The molecule has 0 fully saturated rings. The van der Waals surface area contributed by atoms with Crippen molar-refractivity contribution in [2.45, 2.75) is 26.3 Å². The molecule has 1 unspecified atom stereocenters. The van der Waals surface area contributed by atoms with Crippen molar-refractivity contribution in [2.75, 3.05) is 7.05 Å². The molecule has 2 rings (SSSR count). The lowest BCUT2D eigenvalue weighted by Gasteiger charge is -2.11. The standard InChI is InChI=1S/C15H17Cl2NS/c1-4-13(18-3)15-6-5-14(19-15)10-8-11(16)9(2)7-12(10)17/h5-8,13,18H,4H2,1-3H3. The summed E-state index contributed by atoms with van der Waals surface area (Å²) in [5.74, 6) is 0. The third-order valence-electron chi connectivity index (χ3n) is 3.24. The Balaban J connectivity index is 2.40. The fraction of sp³-hybridized carbons (Fsp3) is 0.333. The van der Waals surface area contributed by atoms with Gasteiger partial charge in [-0.2, -0.15) is 0 Å². The molecule has 1 atom stereocenters. The van der Waals surface area contributed by atoms with E-state index in [4.69, 9.17) is 23.2 Å². The van der Waals surface area contributed by atoms with Gasteiger partial charge < -0.3 is 5.32 Å². The van der Waals surface area contributed by atoms with E-state index in [2.05, 4.69) is 24.4 Å². The van der Waals surface area contributed by atoms with Crippen LogP contribution in [0.4, 0.5) is 0 Å². The van der Waals surface area contributed by atoms with E-state index in [9.17, 15) is 0 Å². The Bertz CT molecular complexity index is 574. The molecular weight excluding hydrogens is 297 g/mol. The summed E-state index contributed by atoms with van der Waals surface area (Å²) < 4.78 is 0. The van der Waals surface area contributed by atoms with Gasteiger partial charge >= 0.3 is 0 Å². The highest BCUT2D eigenvalue weighted by Gasteiger charge is 2.13. The number of hydrogen-bond acceptors (Lipinski definition) is 2. The minimum Gasteiger partial charge on any atom is -0.312 e. The van der Waals surface area contributed by atoms with E-state index >= 15 is 0 Å². The number of aryl methyl sites for hydroxylation is 1. The summed E-state index contributed by atoms with van der Waals surface area (Å²) >= 11 is 14.3. The molecule has 0 spiro atoms. The Hall–Kier alpha value is -0.540. The summed E-state index contributed by atoms with van der Waals surface area (Å²) in [4.78, 5) is 2.49. The van der Waals surface area contributed by atoms with Gasteiger partial charge in [-0.1, -0.05) is 30.1 Å². The third-order valence-corrected chi connectivity index (χ3v) is 5.19. The summed E-state index contributed by atoms with van der Waals surface area (Å²) in [6, 6.07) is 8.56. The molecule has 1 aromatic carbocycles. The van der Waals surface area contributed by atoms with Crippen LogP contribution in [0.25, 0.3) is 10.4 Å². The average Bonchev–Trinajstić information content (AvgIpc) is 2.85. The molecule has 0 aliphatic rings. The molecule has 0 radical (unpaired) electrons. The lowest BCUT2D eigenvalue weighted by atomic mass is 10.1. The van der Waals surface area contributed by atoms with Crippen molar-refractivity contribution < 1.29 is 0 Å². The number of nitrogens with one attached hydrogen (secondary N) is 1. The number of benzene rings is 1. The van der Waals surface area contributed by atoms with Gasteiger partial charge in [0.2, 0.25) is 0 Å². The van der Waals surface area contributed by atoms with Gasteiger partial charge in [-0.3, -0.25) is 0 Å². The molecular formula is C15H17Cl2NS.